The number of hydrogen-bond acceptors (Lipinski definition) is 6. The van der Waals surface area contributed by atoms with Gasteiger partial charge in [0.2, 0.25) is 5.91 Å². The molecule has 1 aliphatic heterocycles. The quantitative estimate of drug-likeness (QED) is 0.402. The summed E-state index contributed by atoms with van der Waals surface area (Å²) in [4.78, 5) is 30.2. The molecule has 0 radical (unpaired) electrons. The van der Waals surface area contributed by atoms with Crippen LogP contribution in [0.3, 0.4) is 0 Å². The van der Waals surface area contributed by atoms with Gasteiger partial charge in [-0.2, -0.15) is 0 Å². The summed E-state index contributed by atoms with van der Waals surface area (Å²) in [6.45, 7) is 11.4. The minimum absolute atomic E-state index is 0.112. The molecule has 1 amide bonds. The zero-order chi connectivity index (χ0) is 22.4. The van der Waals surface area contributed by atoms with Crippen LogP contribution in [-0.4, -0.2) is 41.7 Å². The van der Waals surface area contributed by atoms with E-state index in [1.165, 1.54) is 16.2 Å². The zero-order valence-corrected chi connectivity index (χ0v) is 20.5. The van der Waals surface area contributed by atoms with E-state index in [9.17, 15) is 9.59 Å². The van der Waals surface area contributed by atoms with Gasteiger partial charge in [0.05, 0.1) is 18.6 Å². The molecule has 2 aromatic rings. The highest BCUT2D eigenvalue weighted by Crippen LogP contribution is 2.38. The number of rotatable bonds is 9. The van der Waals surface area contributed by atoms with Gasteiger partial charge in [0, 0.05) is 28.1 Å². The molecule has 0 spiro atoms. The van der Waals surface area contributed by atoms with Crippen LogP contribution in [0.25, 0.3) is 0 Å². The Morgan fingerprint density at radius 2 is 1.97 bits per heavy atom. The predicted octanol–water partition coefficient (Wildman–Crippen LogP) is 5.37. The molecule has 0 fully saturated rings. The van der Waals surface area contributed by atoms with Gasteiger partial charge >= 0.3 is 5.97 Å². The molecule has 0 aliphatic carbocycles. The first-order valence-electron chi connectivity index (χ1n) is 11.0. The van der Waals surface area contributed by atoms with E-state index in [0.717, 1.165) is 48.5 Å². The van der Waals surface area contributed by atoms with Crippen LogP contribution in [0.15, 0.2) is 29.2 Å². The van der Waals surface area contributed by atoms with E-state index < -0.39 is 0 Å². The number of hydrogen-bond donors (Lipinski definition) is 1. The average molecular weight is 461 g/mol. The van der Waals surface area contributed by atoms with Crippen molar-refractivity contribution < 1.29 is 14.3 Å². The number of ether oxygens (including phenoxy) is 1. The maximum Gasteiger partial charge on any atom is 0.341 e. The molecular weight excluding hydrogens is 428 g/mol. The fraction of sp³-hybridized carbons (Fsp3) is 0.500. The number of thiophene rings is 1. The minimum Gasteiger partial charge on any atom is -0.462 e. The summed E-state index contributed by atoms with van der Waals surface area (Å²) in [5.41, 5.74) is 2.55. The third kappa shape index (κ3) is 6.34. The zero-order valence-electron chi connectivity index (χ0n) is 18.8. The van der Waals surface area contributed by atoms with Crippen molar-refractivity contribution in [3.63, 3.8) is 0 Å². The van der Waals surface area contributed by atoms with Crippen molar-refractivity contribution in [1.29, 1.82) is 0 Å². The number of anilines is 1. The van der Waals surface area contributed by atoms with Gasteiger partial charge in [-0.1, -0.05) is 32.9 Å². The second-order valence-electron chi connectivity index (χ2n) is 7.99. The number of carbonyl (C=O) groups is 2. The summed E-state index contributed by atoms with van der Waals surface area (Å²) >= 11 is 3.32. The molecule has 1 aromatic heterocycles. The first-order chi connectivity index (χ1) is 14.9. The van der Waals surface area contributed by atoms with Gasteiger partial charge in [0.25, 0.3) is 0 Å². The minimum atomic E-state index is -0.339. The largest absolute Gasteiger partial charge is 0.462 e. The van der Waals surface area contributed by atoms with Crippen molar-refractivity contribution in [1.82, 2.24) is 4.90 Å². The summed E-state index contributed by atoms with van der Waals surface area (Å²) in [5.74, 6) is -0.451. The molecular formula is C24H32N2O3S2. The fourth-order valence-corrected chi connectivity index (χ4v) is 5.92. The van der Waals surface area contributed by atoms with Crippen LogP contribution in [0.2, 0.25) is 0 Å². The van der Waals surface area contributed by atoms with Gasteiger partial charge in [0.1, 0.15) is 5.00 Å². The summed E-state index contributed by atoms with van der Waals surface area (Å²) < 4.78 is 5.31. The number of nitrogens with one attached hydrogen (secondary N) is 1. The SMILES string of the molecule is CCCN1CCc2c(sc(NC(=O)Cc3ccc(SC(C)C)cc3)c2C(=O)OCC)C1. The summed E-state index contributed by atoms with van der Waals surface area (Å²) in [6, 6.07) is 8.12. The van der Waals surface area contributed by atoms with Crippen molar-refractivity contribution in [2.24, 2.45) is 0 Å². The first-order valence-corrected chi connectivity index (χ1v) is 12.7. The molecule has 2 heterocycles. The van der Waals surface area contributed by atoms with Gasteiger partial charge in [-0.05, 0) is 49.6 Å². The van der Waals surface area contributed by atoms with Gasteiger partial charge in [-0.3, -0.25) is 9.69 Å². The lowest BCUT2D eigenvalue weighted by Crippen LogP contribution is -2.30. The lowest BCUT2D eigenvalue weighted by atomic mass is 10.0. The highest BCUT2D eigenvalue weighted by Gasteiger charge is 2.29. The number of carbonyl (C=O) groups excluding carboxylic acids is 2. The third-order valence-electron chi connectivity index (χ3n) is 5.07. The summed E-state index contributed by atoms with van der Waals surface area (Å²) in [5, 5.41) is 4.15. The van der Waals surface area contributed by atoms with Crippen LogP contribution in [0, 0.1) is 0 Å². The van der Waals surface area contributed by atoms with Crippen molar-refractivity contribution in [2.75, 3.05) is 25.0 Å². The second-order valence-corrected chi connectivity index (χ2v) is 10.7. The van der Waals surface area contributed by atoms with Crippen molar-refractivity contribution in [3.05, 3.63) is 45.8 Å². The molecule has 0 unspecified atom stereocenters. The molecule has 0 atom stereocenters. The molecule has 0 bridgehead atoms. The lowest BCUT2D eigenvalue weighted by molar-refractivity contribution is -0.115. The van der Waals surface area contributed by atoms with E-state index in [1.807, 2.05) is 12.1 Å². The number of thioether (sulfide) groups is 1. The summed E-state index contributed by atoms with van der Waals surface area (Å²) in [7, 11) is 0. The number of benzene rings is 1. The Kier molecular flexibility index (Phi) is 8.58. The topological polar surface area (TPSA) is 58.6 Å². The molecule has 31 heavy (non-hydrogen) atoms. The van der Waals surface area contributed by atoms with Crippen molar-refractivity contribution in [3.8, 4) is 0 Å². The van der Waals surface area contributed by atoms with Crippen LogP contribution < -0.4 is 5.32 Å². The Morgan fingerprint density at radius 3 is 2.61 bits per heavy atom. The standard InChI is InChI=1S/C24H32N2O3S2/c1-5-12-26-13-11-19-20(15-26)31-23(22(19)24(28)29-6-2)25-21(27)14-17-7-9-18(10-8-17)30-16(3)4/h7-10,16H,5-6,11-15H2,1-4H3,(H,25,27). The number of nitrogens with zero attached hydrogens (tertiary/aromatic N) is 1. The molecule has 0 saturated carbocycles. The molecule has 1 aliphatic rings. The number of esters is 1. The molecule has 3 rings (SSSR count). The van der Waals surface area contributed by atoms with Gasteiger partial charge in [0.15, 0.2) is 0 Å². The first kappa shape index (κ1) is 23.8. The van der Waals surface area contributed by atoms with E-state index in [2.05, 4.69) is 43.1 Å². The van der Waals surface area contributed by atoms with E-state index in [1.54, 1.807) is 18.7 Å². The van der Waals surface area contributed by atoms with Crippen LogP contribution in [0.4, 0.5) is 5.00 Å². The lowest BCUT2D eigenvalue weighted by Gasteiger charge is -2.26. The third-order valence-corrected chi connectivity index (χ3v) is 7.22. The van der Waals surface area contributed by atoms with Crippen LogP contribution >= 0.6 is 23.1 Å². The molecule has 0 saturated heterocycles. The van der Waals surface area contributed by atoms with Crippen LogP contribution in [0.5, 0.6) is 0 Å². The van der Waals surface area contributed by atoms with Crippen molar-refractivity contribution in [2.45, 2.75) is 63.6 Å². The van der Waals surface area contributed by atoms with E-state index in [4.69, 9.17) is 4.74 Å². The van der Waals surface area contributed by atoms with Gasteiger partial charge < -0.3 is 10.1 Å². The van der Waals surface area contributed by atoms with E-state index in [0.29, 0.717) is 22.4 Å². The van der Waals surface area contributed by atoms with E-state index >= 15 is 0 Å². The van der Waals surface area contributed by atoms with Crippen LogP contribution in [-0.2, 0) is 28.9 Å². The second kappa shape index (κ2) is 11.2. The monoisotopic (exact) mass is 460 g/mol. The Hall–Kier alpha value is -1.83. The van der Waals surface area contributed by atoms with Gasteiger partial charge in [-0.25, -0.2) is 4.79 Å². The van der Waals surface area contributed by atoms with Crippen LogP contribution in [0.1, 0.15) is 60.5 Å². The normalized spacial score (nSPS) is 13.8. The van der Waals surface area contributed by atoms with Crippen molar-refractivity contribution >= 4 is 40.0 Å². The highest BCUT2D eigenvalue weighted by atomic mass is 32.2. The Balaban J connectivity index is 1.75. The maximum atomic E-state index is 12.8. The van der Waals surface area contributed by atoms with Gasteiger partial charge in [-0.15, -0.1) is 23.1 Å². The molecule has 5 nitrogen and oxygen atoms in total. The smallest absolute Gasteiger partial charge is 0.341 e. The number of fused-ring (bicyclic) bond motifs is 1. The molecule has 168 valence electrons. The fourth-order valence-electron chi connectivity index (χ4n) is 3.79. The maximum absolute atomic E-state index is 12.8. The Bertz CT molecular complexity index is 906. The van der Waals surface area contributed by atoms with E-state index in [-0.39, 0.29) is 18.3 Å². The average Bonchev–Trinajstić information content (AvgIpc) is 3.06. The number of amides is 1. The molecule has 7 heteroatoms. The summed E-state index contributed by atoms with van der Waals surface area (Å²) in [6.07, 6.45) is 2.19. The Morgan fingerprint density at radius 1 is 1.23 bits per heavy atom. The molecule has 1 N–H and O–H groups in total. The highest BCUT2D eigenvalue weighted by molar-refractivity contribution is 7.99. The predicted molar refractivity (Wildman–Crippen MR) is 129 cm³/mol. The molecule has 1 aromatic carbocycles. The Labute approximate surface area is 193 Å².